The number of nitrogens with one attached hydrogen (secondary N) is 8. The topological polar surface area (TPSA) is 406 Å². The van der Waals surface area contributed by atoms with Crippen LogP contribution in [0.3, 0.4) is 0 Å². The van der Waals surface area contributed by atoms with Crippen LogP contribution in [0.25, 0.3) is 0 Å². The van der Waals surface area contributed by atoms with Crippen LogP contribution in [-0.2, 0) is 72.3 Å². The maximum atomic E-state index is 13.8. The highest BCUT2D eigenvalue weighted by atomic mass is 33.1. The van der Waals surface area contributed by atoms with Gasteiger partial charge >= 0.3 is 0 Å². The SMILES string of the molecule is CC(C)CC(NC(=O)CN(C=O)Cc1cccc(CO)c1)C(=O)NCC(N)=O.CCC1NC(=O)C(CCC(N)=O)NC(=O)C(C(C)CC)NC(=O)C(Cc2ccc(O)cc2)NC(=O)C2CSSC(CNC1=O)N2.NC=O. The van der Waals surface area contributed by atoms with Crippen molar-refractivity contribution >= 4 is 87.6 Å². The van der Waals surface area contributed by atoms with Crippen LogP contribution in [0.5, 0.6) is 5.75 Å². The van der Waals surface area contributed by atoms with Crippen LogP contribution in [0.1, 0.15) is 83.4 Å². The molecule has 4 rings (SSSR count). The summed E-state index contributed by atoms with van der Waals surface area (Å²) in [5.41, 5.74) is 16.6. The van der Waals surface area contributed by atoms with Gasteiger partial charge in [-0.05, 0) is 59.9 Å². The molecule has 2 saturated heterocycles. The third kappa shape index (κ3) is 24.1. The zero-order valence-corrected chi connectivity index (χ0v) is 45.0. The van der Waals surface area contributed by atoms with Crippen molar-refractivity contribution < 1.29 is 63.0 Å². The summed E-state index contributed by atoms with van der Waals surface area (Å²) in [5, 5.41) is 40.5. The average molecular weight is 1100 g/mol. The summed E-state index contributed by atoms with van der Waals surface area (Å²) in [7, 11) is 2.90. The van der Waals surface area contributed by atoms with Gasteiger partial charge in [0, 0.05) is 31.7 Å². The summed E-state index contributed by atoms with van der Waals surface area (Å²) in [6.45, 7) is 8.80. The molecule has 8 unspecified atom stereocenters. The summed E-state index contributed by atoms with van der Waals surface area (Å²) in [5.74, 6) is -4.96. The van der Waals surface area contributed by atoms with E-state index in [9.17, 15) is 58.2 Å². The fourth-order valence-electron chi connectivity index (χ4n) is 7.41. The fraction of sp³-hybridized carbons (Fsp3) is 0.531. The minimum absolute atomic E-state index is 0.0460. The first-order valence-corrected chi connectivity index (χ1v) is 26.9. The van der Waals surface area contributed by atoms with Crippen LogP contribution in [-0.4, -0.2) is 148 Å². The molecular formula is C49H74N12O13S2. The van der Waals surface area contributed by atoms with E-state index in [0.29, 0.717) is 36.1 Å². The van der Waals surface area contributed by atoms with Crippen LogP contribution in [0, 0.1) is 11.8 Å². The molecule has 0 radical (unpaired) electrons. The summed E-state index contributed by atoms with van der Waals surface area (Å²) in [6.07, 6.45) is 1.67. The van der Waals surface area contributed by atoms with Gasteiger partial charge in [0.2, 0.25) is 66.0 Å². The molecule has 2 aliphatic rings. The number of aliphatic hydroxyl groups excluding tert-OH is 1. The molecule has 2 fully saturated rings. The standard InChI is InChI=1S/C29H43N7O7S2.C19H28N4O5.CH3NO/c1-4-15(3)24-29(43)34-19(10-11-22(30)38)26(40)33-18(5-2)25(39)31-13-23-32-21(14-44-45-23)28(42)35-20(27(41)36-24)12-16-6-8-17(37)9-7-16;1-13(2)6-16(19(28)21-8-17(20)26)22-18(27)10-23(12-25)9-14-4-3-5-15(7-14)11-24;2-1-3/h6-9,15,18-21,23-24,32,37H,4-5,10-14H2,1-3H3,(H2,30,38)(H,31,39)(H,33,40)(H,34,43)(H,35,42)(H,36,41);3-5,7,12-13,16,24H,6,8-11H2,1-2H3,(H2,20,26)(H,21,28)(H,22,27);1H,(H2,2,3). The van der Waals surface area contributed by atoms with Crippen molar-refractivity contribution in [2.24, 2.45) is 29.0 Å². The predicted octanol–water partition coefficient (Wildman–Crippen LogP) is -2.22. The van der Waals surface area contributed by atoms with Crippen LogP contribution in [0.15, 0.2) is 48.5 Å². The molecule has 11 amide bonds. The maximum absolute atomic E-state index is 13.8. The molecule has 0 aromatic heterocycles. The van der Waals surface area contributed by atoms with Crippen molar-refractivity contribution in [3.8, 4) is 5.75 Å². The van der Waals surface area contributed by atoms with Crippen molar-refractivity contribution in [2.45, 2.75) is 128 Å². The number of nitrogens with two attached hydrogens (primary N) is 3. The largest absolute Gasteiger partial charge is 0.508 e. The number of primary amides is 3. The number of hydrogen-bond acceptors (Lipinski definition) is 16. The number of aliphatic hydroxyl groups is 1. The van der Waals surface area contributed by atoms with Crippen molar-refractivity contribution in [1.29, 1.82) is 0 Å². The van der Waals surface area contributed by atoms with Crippen LogP contribution in [0.4, 0.5) is 0 Å². The Morgan fingerprint density at radius 1 is 0.829 bits per heavy atom. The van der Waals surface area contributed by atoms with Gasteiger partial charge in [-0.25, -0.2) is 0 Å². The molecule has 25 nitrogen and oxygen atoms in total. The van der Waals surface area contributed by atoms with Crippen LogP contribution >= 0.6 is 21.6 Å². The molecule has 16 N–H and O–H groups in total. The number of aromatic hydroxyl groups is 1. The van der Waals surface area contributed by atoms with E-state index in [2.05, 4.69) is 48.3 Å². The number of benzene rings is 2. The van der Waals surface area contributed by atoms with Gasteiger partial charge in [0.1, 0.15) is 36.0 Å². The molecule has 2 aromatic carbocycles. The van der Waals surface area contributed by atoms with E-state index >= 15 is 0 Å². The Morgan fingerprint density at radius 2 is 1.46 bits per heavy atom. The van der Waals surface area contributed by atoms with E-state index in [1.165, 1.54) is 38.6 Å². The normalized spacial score (nSPS) is 20.9. The monoisotopic (exact) mass is 1100 g/mol. The van der Waals surface area contributed by atoms with Crippen LogP contribution in [0.2, 0.25) is 0 Å². The average Bonchev–Trinajstić information content (AvgIpc) is 3.38. The minimum atomic E-state index is -1.21. The number of fused-ring (bicyclic) bond motifs is 2. The number of rotatable bonds is 20. The number of phenols is 1. The Labute approximate surface area is 449 Å². The first-order valence-electron chi connectivity index (χ1n) is 24.6. The van der Waals surface area contributed by atoms with Gasteiger partial charge < -0.3 is 69.5 Å². The molecule has 2 aromatic rings. The lowest BCUT2D eigenvalue weighted by atomic mass is 9.96. The van der Waals surface area contributed by atoms with E-state index in [1.807, 2.05) is 20.8 Å². The highest BCUT2D eigenvalue weighted by Gasteiger charge is 2.36. The first-order chi connectivity index (χ1) is 36.1. The van der Waals surface area contributed by atoms with Crippen molar-refractivity contribution in [3.05, 3.63) is 65.2 Å². The highest BCUT2D eigenvalue weighted by Crippen LogP contribution is 2.31. The quantitative estimate of drug-likeness (QED) is 0.0493. The second kappa shape index (κ2) is 34.6. The van der Waals surface area contributed by atoms with Gasteiger partial charge in [-0.1, -0.05) is 99.0 Å². The molecule has 2 heterocycles. The van der Waals surface area contributed by atoms with Crippen molar-refractivity contribution in [2.75, 3.05) is 25.4 Å². The van der Waals surface area contributed by atoms with Gasteiger partial charge in [-0.3, -0.25) is 58.1 Å². The van der Waals surface area contributed by atoms with Crippen LogP contribution < -0.4 is 59.7 Å². The third-order valence-corrected chi connectivity index (χ3v) is 14.2. The molecule has 420 valence electrons. The van der Waals surface area contributed by atoms with Gasteiger partial charge in [-0.15, -0.1) is 0 Å². The van der Waals surface area contributed by atoms with E-state index in [4.69, 9.17) is 16.3 Å². The van der Waals surface area contributed by atoms with E-state index in [0.717, 1.165) is 5.56 Å². The lowest BCUT2D eigenvalue weighted by Gasteiger charge is -2.32. The number of carbonyl (C=O) groups excluding carboxylic acids is 11. The lowest BCUT2D eigenvalue weighted by Crippen LogP contribution is -2.62. The molecule has 0 aliphatic carbocycles. The second-order valence-corrected chi connectivity index (χ2v) is 20.8. The van der Waals surface area contributed by atoms with Gasteiger partial charge in [0.25, 0.3) is 0 Å². The summed E-state index contributed by atoms with van der Waals surface area (Å²) in [4.78, 5) is 135. The van der Waals surface area contributed by atoms with Crippen molar-refractivity contribution in [3.63, 3.8) is 0 Å². The first kappa shape index (κ1) is 65.1. The lowest BCUT2D eigenvalue weighted by molar-refractivity contribution is -0.136. The van der Waals surface area contributed by atoms with Gasteiger partial charge in [0.05, 0.1) is 31.1 Å². The number of carbonyl (C=O) groups is 11. The zero-order chi connectivity index (χ0) is 56.9. The summed E-state index contributed by atoms with van der Waals surface area (Å²) >= 11 is 0. The third-order valence-electron chi connectivity index (χ3n) is 11.6. The Hall–Kier alpha value is -6.97. The summed E-state index contributed by atoms with van der Waals surface area (Å²) in [6, 6.07) is 7.43. The Morgan fingerprint density at radius 3 is 2.05 bits per heavy atom. The zero-order valence-electron chi connectivity index (χ0n) is 43.3. The molecule has 8 atom stereocenters. The molecule has 2 bridgehead atoms. The molecule has 2 aliphatic heterocycles. The smallest absolute Gasteiger partial charge is 0.243 e. The van der Waals surface area contributed by atoms with E-state index in [-0.39, 0.29) is 87.8 Å². The predicted molar refractivity (Wildman–Crippen MR) is 284 cm³/mol. The highest BCUT2D eigenvalue weighted by molar-refractivity contribution is 8.77. The fourth-order valence-corrected chi connectivity index (χ4v) is 9.92. The van der Waals surface area contributed by atoms with Gasteiger partial charge in [0.15, 0.2) is 0 Å². The number of nitrogens with zero attached hydrogens (tertiary/aromatic N) is 1. The Balaban J connectivity index is 0.000000546. The number of hydrogen-bond donors (Lipinski definition) is 13. The molecule has 0 spiro atoms. The molecule has 0 saturated carbocycles. The minimum Gasteiger partial charge on any atom is -0.508 e. The number of amides is 11. The number of phenolic OH excluding ortho intramolecular Hbond substituents is 1. The Kier molecular flexibility index (Phi) is 29.6. The Bertz CT molecular complexity index is 2280. The molecular weight excluding hydrogens is 1030 g/mol. The van der Waals surface area contributed by atoms with E-state index < -0.39 is 89.4 Å². The van der Waals surface area contributed by atoms with Crippen molar-refractivity contribution in [1.82, 2.24) is 47.4 Å². The molecule has 76 heavy (non-hydrogen) atoms. The second-order valence-electron chi connectivity index (χ2n) is 18.2. The summed E-state index contributed by atoms with van der Waals surface area (Å²) < 4.78 is 0. The molecule has 27 heteroatoms. The van der Waals surface area contributed by atoms with E-state index in [1.54, 1.807) is 50.2 Å². The maximum Gasteiger partial charge on any atom is 0.243 e. The van der Waals surface area contributed by atoms with Gasteiger partial charge in [-0.2, -0.15) is 0 Å².